The molecule has 1 saturated heterocycles. The van der Waals surface area contributed by atoms with Crippen LogP contribution < -0.4 is 5.32 Å². The Morgan fingerprint density at radius 1 is 1.35 bits per heavy atom. The minimum Gasteiger partial charge on any atom is -0.417 e. The van der Waals surface area contributed by atoms with Crippen molar-refractivity contribution < 1.29 is 9.21 Å². The van der Waals surface area contributed by atoms with E-state index in [1.165, 1.54) is 0 Å². The number of rotatable bonds is 4. The Kier molecular flexibility index (Phi) is 3.50. The normalized spacial score (nSPS) is 27.2. The highest BCUT2D eigenvalue weighted by atomic mass is 16.4. The number of nitrogens with one attached hydrogen (secondary N) is 1. The highest BCUT2D eigenvalue weighted by molar-refractivity contribution is 5.89. The van der Waals surface area contributed by atoms with Gasteiger partial charge in [-0.05, 0) is 32.6 Å². The Morgan fingerprint density at radius 3 is 2.70 bits per heavy atom. The fourth-order valence-corrected chi connectivity index (χ4v) is 2.67. The molecule has 0 bridgehead atoms. The highest BCUT2D eigenvalue weighted by Gasteiger charge is 2.34. The smallest absolute Gasteiger partial charge is 0.309 e. The number of nitrogens with zero attached hydrogens (tertiary/aromatic N) is 3. The Bertz CT molecular complexity index is 495. The Labute approximate surface area is 118 Å². The van der Waals surface area contributed by atoms with Crippen molar-refractivity contribution in [2.45, 2.75) is 51.6 Å². The van der Waals surface area contributed by atoms with E-state index in [-0.39, 0.29) is 17.8 Å². The number of carbonyl (C=O) groups is 1. The molecule has 2 fully saturated rings. The number of likely N-dealkylation sites (tertiary alicyclic amines) is 1. The molecule has 0 unspecified atom stereocenters. The van der Waals surface area contributed by atoms with Gasteiger partial charge in [0, 0.05) is 31.1 Å². The third-order valence-corrected chi connectivity index (χ3v) is 4.25. The molecule has 1 amide bonds. The molecule has 20 heavy (non-hydrogen) atoms. The molecule has 1 aliphatic heterocycles. The van der Waals surface area contributed by atoms with Crippen LogP contribution in [0.15, 0.2) is 4.42 Å². The SMILES string of the molecule is CC(C)N1C[C@H](C)[C@H](NC(=O)c2nnc(C3CC3)o2)C1. The van der Waals surface area contributed by atoms with E-state index in [0.717, 1.165) is 25.9 Å². The van der Waals surface area contributed by atoms with Crippen LogP contribution in [0.5, 0.6) is 0 Å². The van der Waals surface area contributed by atoms with E-state index in [2.05, 4.69) is 41.2 Å². The van der Waals surface area contributed by atoms with Gasteiger partial charge < -0.3 is 9.73 Å². The van der Waals surface area contributed by atoms with Gasteiger partial charge in [0.15, 0.2) is 0 Å². The summed E-state index contributed by atoms with van der Waals surface area (Å²) in [5.74, 6) is 1.28. The molecule has 0 radical (unpaired) electrons. The van der Waals surface area contributed by atoms with Crippen LogP contribution in [-0.2, 0) is 0 Å². The van der Waals surface area contributed by atoms with Crippen molar-refractivity contribution in [1.82, 2.24) is 20.4 Å². The van der Waals surface area contributed by atoms with Crippen molar-refractivity contribution in [3.05, 3.63) is 11.8 Å². The lowest BCUT2D eigenvalue weighted by Gasteiger charge is -2.20. The molecule has 1 aromatic rings. The van der Waals surface area contributed by atoms with Crippen molar-refractivity contribution in [3.8, 4) is 0 Å². The first-order valence-electron chi connectivity index (χ1n) is 7.43. The first-order valence-corrected chi connectivity index (χ1v) is 7.43. The van der Waals surface area contributed by atoms with Gasteiger partial charge in [-0.2, -0.15) is 0 Å². The second-order valence-corrected chi connectivity index (χ2v) is 6.32. The summed E-state index contributed by atoms with van der Waals surface area (Å²) < 4.78 is 5.44. The quantitative estimate of drug-likeness (QED) is 0.901. The zero-order valence-electron chi connectivity index (χ0n) is 12.3. The van der Waals surface area contributed by atoms with E-state index in [4.69, 9.17) is 4.42 Å². The van der Waals surface area contributed by atoms with Crippen LogP contribution in [0.1, 0.15) is 56.1 Å². The first kappa shape index (κ1) is 13.5. The van der Waals surface area contributed by atoms with Crippen molar-refractivity contribution in [2.24, 2.45) is 5.92 Å². The summed E-state index contributed by atoms with van der Waals surface area (Å²) in [5.41, 5.74) is 0. The van der Waals surface area contributed by atoms with Gasteiger partial charge in [-0.25, -0.2) is 0 Å². The second kappa shape index (κ2) is 5.16. The zero-order chi connectivity index (χ0) is 14.3. The van der Waals surface area contributed by atoms with Gasteiger partial charge in [0.1, 0.15) is 0 Å². The van der Waals surface area contributed by atoms with E-state index >= 15 is 0 Å². The average molecular weight is 278 g/mol. The van der Waals surface area contributed by atoms with Gasteiger partial charge in [0.25, 0.3) is 0 Å². The third kappa shape index (κ3) is 2.70. The molecule has 6 nitrogen and oxygen atoms in total. The molecule has 2 atom stereocenters. The van der Waals surface area contributed by atoms with E-state index in [9.17, 15) is 4.79 Å². The number of hydrogen-bond donors (Lipinski definition) is 1. The van der Waals surface area contributed by atoms with Crippen LogP contribution >= 0.6 is 0 Å². The standard InChI is InChI=1S/C14H22N4O2/c1-8(2)18-6-9(3)11(7-18)15-12(19)14-17-16-13(20-14)10-4-5-10/h8-11H,4-7H2,1-3H3,(H,15,19)/t9-,11+/m0/s1. The zero-order valence-corrected chi connectivity index (χ0v) is 12.3. The van der Waals surface area contributed by atoms with Crippen LogP contribution in [0.25, 0.3) is 0 Å². The molecule has 3 rings (SSSR count). The summed E-state index contributed by atoms with van der Waals surface area (Å²) >= 11 is 0. The van der Waals surface area contributed by atoms with Crippen LogP contribution in [0.3, 0.4) is 0 Å². The van der Waals surface area contributed by atoms with Crippen molar-refractivity contribution in [3.63, 3.8) is 0 Å². The molecule has 2 aliphatic rings. The largest absolute Gasteiger partial charge is 0.417 e. The predicted octanol–water partition coefficient (Wildman–Crippen LogP) is 1.41. The molecule has 1 N–H and O–H groups in total. The minimum absolute atomic E-state index is 0.0992. The van der Waals surface area contributed by atoms with Gasteiger partial charge in [-0.1, -0.05) is 6.92 Å². The second-order valence-electron chi connectivity index (χ2n) is 6.32. The maximum absolute atomic E-state index is 12.2. The maximum atomic E-state index is 12.2. The lowest BCUT2D eigenvalue weighted by Crippen LogP contribution is -2.40. The molecule has 0 spiro atoms. The molecule has 110 valence electrons. The molecule has 1 aliphatic carbocycles. The lowest BCUT2D eigenvalue weighted by molar-refractivity contribution is 0.0893. The van der Waals surface area contributed by atoms with Crippen molar-refractivity contribution in [1.29, 1.82) is 0 Å². The first-order chi connectivity index (χ1) is 9.54. The summed E-state index contributed by atoms with van der Waals surface area (Å²) in [5, 5.41) is 10.8. The van der Waals surface area contributed by atoms with Crippen LogP contribution in [0.4, 0.5) is 0 Å². The fourth-order valence-electron chi connectivity index (χ4n) is 2.67. The number of aromatic nitrogens is 2. The highest BCUT2D eigenvalue weighted by Crippen LogP contribution is 2.38. The van der Waals surface area contributed by atoms with E-state index < -0.39 is 0 Å². The Morgan fingerprint density at radius 2 is 2.10 bits per heavy atom. The number of hydrogen-bond acceptors (Lipinski definition) is 5. The maximum Gasteiger partial charge on any atom is 0.309 e. The Balaban J connectivity index is 1.60. The summed E-state index contributed by atoms with van der Waals surface area (Å²) in [4.78, 5) is 14.5. The molecular formula is C14H22N4O2. The summed E-state index contributed by atoms with van der Waals surface area (Å²) in [6.45, 7) is 8.42. The van der Waals surface area contributed by atoms with Gasteiger partial charge in [0.2, 0.25) is 5.89 Å². The molecule has 2 heterocycles. The topological polar surface area (TPSA) is 71.3 Å². The monoisotopic (exact) mass is 278 g/mol. The van der Waals surface area contributed by atoms with E-state index in [1.807, 2.05) is 0 Å². The van der Waals surface area contributed by atoms with Crippen LogP contribution in [-0.4, -0.2) is 46.2 Å². The van der Waals surface area contributed by atoms with Gasteiger partial charge in [-0.3, -0.25) is 9.69 Å². The molecule has 1 aromatic heterocycles. The Hall–Kier alpha value is -1.43. The van der Waals surface area contributed by atoms with Gasteiger partial charge in [-0.15, -0.1) is 10.2 Å². The van der Waals surface area contributed by atoms with E-state index in [0.29, 0.717) is 23.8 Å². The van der Waals surface area contributed by atoms with Gasteiger partial charge >= 0.3 is 11.8 Å². The predicted molar refractivity (Wildman–Crippen MR) is 73.4 cm³/mol. The summed E-state index contributed by atoms with van der Waals surface area (Å²) in [6.07, 6.45) is 2.18. The van der Waals surface area contributed by atoms with Crippen LogP contribution in [0, 0.1) is 5.92 Å². The number of amides is 1. The van der Waals surface area contributed by atoms with Crippen molar-refractivity contribution >= 4 is 5.91 Å². The average Bonchev–Trinajstić information content (AvgIpc) is 3.01. The van der Waals surface area contributed by atoms with E-state index in [1.54, 1.807) is 0 Å². The molecule has 0 aromatic carbocycles. The molecule has 6 heteroatoms. The minimum atomic E-state index is -0.244. The molecule has 1 saturated carbocycles. The number of carbonyl (C=O) groups excluding carboxylic acids is 1. The van der Waals surface area contributed by atoms with Crippen LogP contribution in [0.2, 0.25) is 0 Å². The summed E-state index contributed by atoms with van der Waals surface area (Å²) in [7, 11) is 0. The third-order valence-electron chi connectivity index (χ3n) is 4.25. The summed E-state index contributed by atoms with van der Waals surface area (Å²) in [6, 6.07) is 0.658. The fraction of sp³-hybridized carbons (Fsp3) is 0.786. The molecular weight excluding hydrogens is 256 g/mol. The van der Waals surface area contributed by atoms with Crippen molar-refractivity contribution in [2.75, 3.05) is 13.1 Å². The van der Waals surface area contributed by atoms with Gasteiger partial charge in [0.05, 0.1) is 0 Å². The lowest BCUT2D eigenvalue weighted by atomic mass is 10.1.